The van der Waals surface area contributed by atoms with Gasteiger partial charge in [-0.25, -0.2) is 0 Å². The molecule has 0 amide bonds. The first kappa shape index (κ1) is 13.2. The zero-order valence-electron chi connectivity index (χ0n) is 10.5. The van der Waals surface area contributed by atoms with Crippen molar-refractivity contribution in [2.24, 2.45) is 0 Å². The summed E-state index contributed by atoms with van der Waals surface area (Å²) >= 11 is 1.92. The highest BCUT2D eigenvalue weighted by Gasteiger charge is 2.19. The zero-order valence-corrected chi connectivity index (χ0v) is 11.3. The minimum absolute atomic E-state index is 0.169. The highest BCUT2D eigenvalue weighted by atomic mass is 32.2. The van der Waals surface area contributed by atoms with E-state index in [0.29, 0.717) is 5.69 Å². The van der Waals surface area contributed by atoms with Gasteiger partial charge in [-0.3, -0.25) is 10.1 Å². The van der Waals surface area contributed by atoms with Crippen molar-refractivity contribution in [3.8, 4) is 0 Å². The molecule has 1 saturated carbocycles. The first-order valence-electron chi connectivity index (χ1n) is 6.28. The van der Waals surface area contributed by atoms with E-state index in [1.165, 1.54) is 25.7 Å². The van der Waals surface area contributed by atoms with E-state index >= 15 is 0 Å². The molecule has 0 radical (unpaired) electrons. The van der Waals surface area contributed by atoms with E-state index in [9.17, 15) is 10.1 Å². The Labute approximate surface area is 111 Å². The molecule has 1 aromatic rings. The van der Waals surface area contributed by atoms with Gasteiger partial charge in [0, 0.05) is 24.1 Å². The number of nitro benzene ring substituents is 1. The third-order valence-corrected chi connectivity index (χ3v) is 4.77. The molecule has 0 saturated heterocycles. The van der Waals surface area contributed by atoms with Gasteiger partial charge in [0.05, 0.1) is 4.92 Å². The number of anilines is 1. The lowest BCUT2D eigenvalue weighted by Crippen LogP contribution is -2.02. The topological polar surface area (TPSA) is 55.2 Å². The van der Waals surface area contributed by atoms with Crippen LogP contribution in [0.5, 0.6) is 0 Å². The van der Waals surface area contributed by atoms with Crippen molar-refractivity contribution >= 4 is 23.1 Å². The highest BCUT2D eigenvalue weighted by molar-refractivity contribution is 7.99. The van der Waals surface area contributed by atoms with Gasteiger partial charge in [-0.2, -0.15) is 11.8 Å². The molecule has 1 N–H and O–H groups in total. The van der Waals surface area contributed by atoms with Gasteiger partial charge in [0.2, 0.25) is 0 Å². The molecule has 0 spiro atoms. The van der Waals surface area contributed by atoms with Gasteiger partial charge in [0.1, 0.15) is 5.69 Å². The molecule has 0 bridgehead atoms. The second kappa shape index (κ2) is 6.09. The lowest BCUT2D eigenvalue weighted by atomic mass is 10.1. The maximum absolute atomic E-state index is 11.0. The Morgan fingerprint density at radius 2 is 2.17 bits per heavy atom. The Morgan fingerprint density at radius 1 is 1.44 bits per heavy atom. The van der Waals surface area contributed by atoms with Crippen molar-refractivity contribution in [1.29, 1.82) is 0 Å². The molecule has 0 atom stereocenters. The molecule has 2 rings (SSSR count). The zero-order chi connectivity index (χ0) is 13.0. The standard InChI is InChI=1S/C13H18N2O2S/c1-14-13-10(5-4-8-12(13)15(16)17)9-18-11-6-2-3-7-11/h4-5,8,11,14H,2-3,6-7,9H2,1H3. The van der Waals surface area contributed by atoms with E-state index in [2.05, 4.69) is 5.32 Å². The number of rotatable bonds is 5. The van der Waals surface area contributed by atoms with Crippen LogP contribution in [-0.4, -0.2) is 17.2 Å². The minimum atomic E-state index is -0.324. The Bertz CT molecular complexity index is 431. The molecule has 1 aliphatic rings. The number of nitro groups is 1. The highest BCUT2D eigenvalue weighted by Crippen LogP contribution is 2.35. The third kappa shape index (κ3) is 2.96. The average Bonchev–Trinajstić information content (AvgIpc) is 2.88. The predicted molar refractivity (Wildman–Crippen MR) is 76.2 cm³/mol. The van der Waals surface area contributed by atoms with Gasteiger partial charge in [0.15, 0.2) is 0 Å². The second-order valence-corrected chi connectivity index (χ2v) is 5.82. The molecule has 0 unspecified atom stereocenters. The summed E-state index contributed by atoms with van der Waals surface area (Å²) in [5.74, 6) is 0.850. The fourth-order valence-corrected chi connectivity index (χ4v) is 3.73. The van der Waals surface area contributed by atoms with Crippen LogP contribution >= 0.6 is 11.8 Å². The summed E-state index contributed by atoms with van der Waals surface area (Å²) in [6, 6.07) is 5.29. The van der Waals surface area contributed by atoms with E-state index in [1.807, 2.05) is 17.8 Å². The number of nitrogens with zero attached hydrogens (tertiary/aromatic N) is 1. The molecular weight excluding hydrogens is 248 g/mol. The second-order valence-electron chi connectivity index (χ2n) is 4.54. The van der Waals surface area contributed by atoms with E-state index in [1.54, 1.807) is 19.2 Å². The van der Waals surface area contributed by atoms with E-state index in [0.717, 1.165) is 16.6 Å². The molecule has 18 heavy (non-hydrogen) atoms. The van der Waals surface area contributed by atoms with Crippen molar-refractivity contribution < 1.29 is 4.92 Å². The Balaban J connectivity index is 2.11. The molecule has 4 nitrogen and oxygen atoms in total. The summed E-state index contributed by atoms with van der Waals surface area (Å²) in [6.45, 7) is 0. The van der Waals surface area contributed by atoms with Crippen LogP contribution in [0.2, 0.25) is 0 Å². The van der Waals surface area contributed by atoms with E-state index in [4.69, 9.17) is 0 Å². The molecule has 0 heterocycles. The fraction of sp³-hybridized carbons (Fsp3) is 0.538. The molecule has 1 fully saturated rings. The lowest BCUT2D eigenvalue weighted by molar-refractivity contribution is -0.384. The summed E-state index contributed by atoms with van der Waals surface area (Å²) < 4.78 is 0. The Hall–Kier alpha value is -1.23. The predicted octanol–water partition coefficient (Wildman–Crippen LogP) is 3.81. The van der Waals surface area contributed by atoms with Crippen LogP contribution in [0.15, 0.2) is 18.2 Å². The Kier molecular flexibility index (Phi) is 4.47. The molecule has 0 aromatic heterocycles. The summed E-state index contributed by atoms with van der Waals surface area (Å²) in [5.41, 5.74) is 1.86. The van der Waals surface area contributed by atoms with Crippen molar-refractivity contribution in [2.75, 3.05) is 12.4 Å². The molecule has 98 valence electrons. The normalized spacial score (nSPS) is 15.8. The van der Waals surface area contributed by atoms with Crippen LogP contribution in [0.3, 0.4) is 0 Å². The lowest BCUT2D eigenvalue weighted by Gasteiger charge is -2.12. The molecule has 0 aliphatic heterocycles. The van der Waals surface area contributed by atoms with Crippen molar-refractivity contribution in [2.45, 2.75) is 36.7 Å². The molecule has 5 heteroatoms. The largest absolute Gasteiger partial charge is 0.382 e. The van der Waals surface area contributed by atoms with Crippen LogP contribution in [0, 0.1) is 10.1 Å². The molecule has 1 aromatic carbocycles. The van der Waals surface area contributed by atoms with Crippen LogP contribution in [-0.2, 0) is 5.75 Å². The number of para-hydroxylation sites is 1. The van der Waals surface area contributed by atoms with Crippen molar-refractivity contribution in [1.82, 2.24) is 0 Å². The van der Waals surface area contributed by atoms with Crippen molar-refractivity contribution in [3.05, 3.63) is 33.9 Å². The van der Waals surface area contributed by atoms with Gasteiger partial charge < -0.3 is 5.32 Å². The van der Waals surface area contributed by atoms with Gasteiger partial charge >= 0.3 is 0 Å². The summed E-state index contributed by atoms with van der Waals surface area (Å²) in [7, 11) is 1.74. The van der Waals surface area contributed by atoms with Crippen molar-refractivity contribution in [3.63, 3.8) is 0 Å². The van der Waals surface area contributed by atoms with Crippen LogP contribution in [0.4, 0.5) is 11.4 Å². The fourth-order valence-electron chi connectivity index (χ4n) is 2.41. The maximum atomic E-state index is 11.0. The van der Waals surface area contributed by atoms with Gasteiger partial charge in [0.25, 0.3) is 5.69 Å². The quantitative estimate of drug-likeness (QED) is 0.650. The third-order valence-electron chi connectivity index (χ3n) is 3.35. The van der Waals surface area contributed by atoms with E-state index < -0.39 is 0 Å². The number of hydrogen-bond donors (Lipinski definition) is 1. The average molecular weight is 266 g/mol. The molecular formula is C13H18N2O2S. The number of hydrogen-bond acceptors (Lipinski definition) is 4. The molecule has 1 aliphatic carbocycles. The smallest absolute Gasteiger partial charge is 0.292 e. The number of nitrogens with one attached hydrogen (secondary N) is 1. The summed E-state index contributed by atoms with van der Waals surface area (Å²) in [4.78, 5) is 10.6. The Morgan fingerprint density at radius 3 is 2.78 bits per heavy atom. The van der Waals surface area contributed by atoms with E-state index in [-0.39, 0.29) is 10.6 Å². The number of thioether (sulfide) groups is 1. The van der Waals surface area contributed by atoms with Crippen LogP contribution < -0.4 is 5.32 Å². The number of benzene rings is 1. The summed E-state index contributed by atoms with van der Waals surface area (Å²) in [6.07, 6.45) is 5.22. The monoisotopic (exact) mass is 266 g/mol. The summed E-state index contributed by atoms with van der Waals surface area (Å²) in [5, 5.41) is 14.6. The van der Waals surface area contributed by atoms with Gasteiger partial charge in [-0.15, -0.1) is 0 Å². The first-order valence-corrected chi connectivity index (χ1v) is 7.33. The van der Waals surface area contributed by atoms with Crippen LogP contribution in [0.1, 0.15) is 31.2 Å². The van der Waals surface area contributed by atoms with Gasteiger partial charge in [-0.1, -0.05) is 25.0 Å². The minimum Gasteiger partial charge on any atom is -0.382 e. The SMILES string of the molecule is CNc1c(CSC2CCCC2)cccc1[N+](=O)[O-]. The van der Waals surface area contributed by atoms with Crippen LogP contribution in [0.25, 0.3) is 0 Å². The maximum Gasteiger partial charge on any atom is 0.292 e. The first-order chi connectivity index (χ1) is 8.72. The van der Waals surface area contributed by atoms with Gasteiger partial charge in [-0.05, 0) is 18.4 Å².